The van der Waals surface area contributed by atoms with Gasteiger partial charge in [-0.05, 0) is 36.6 Å². The fraction of sp³-hybridized carbons (Fsp3) is 0.391. The molecule has 28 heavy (non-hydrogen) atoms. The van der Waals surface area contributed by atoms with E-state index >= 15 is 0 Å². The summed E-state index contributed by atoms with van der Waals surface area (Å²) in [5.74, 6) is -0.271. The lowest BCUT2D eigenvalue weighted by Gasteiger charge is -2.50. The van der Waals surface area contributed by atoms with Crippen molar-refractivity contribution in [3.8, 4) is 5.75 Å². The molecule has 4 atom stereocenters. The lowest BCUT2D eigenvalue weighted by Crippen LogP contribution is -2.60. The van der Waals surface area contributed by atoms with E-state index in [2.05, 4.69) is 10.6 Å². The van der Waals surface area contributed by atoms with Crippen LogP contribution in [0.25, 0.3) is 0 Å². The second-order valence-electron chi connectivity index (χ2n) is 8.06. The van der Waals surface area contributed by atoms with Crippen molar-refractivity contribution in [2.24, 2.45) is 11.8 Å². The Morgan fingerprint density at radius 1 is 1.07 bits per heavy atom. The zero-order valence-electron chi connectivity index (χ0n) is 15.7. The standard InChI is InChI=1S/C23H24N2O3/c26-18-14-24-23-13-7-6-11-17(23)20(16-10-4-5-12-19(16)28-23)21(18)22(27)25-15-8-2-1-3-9-15/h1-5,8-10,12,17,20-21,24H,6-7,11,13-14H2,(H,25,27). The summed E-state index contributed by atoms with van der Waals surface area (Å²) in [6, 6.07) is 17.2. The molecule has 0 radical (unpaired) electrons. The van der Waals surface area contributed by atoms with Crippen LogP contribution in [0.1, 0.15) is 37.2 Å². The summed E-state index contributed by atoms with van der Waals surface area (Å²) in [5, 5.41) is 6.38. The van der Waals surface area contributed by atoms with Crippen LogP contribution in [-0.2, 0) is 9.59 Å². The van der Waals surface area contributed by atoms with Crippen molar-refractivity contribution in [1.82, 2.24) is 5.32 Å². The molecular formula is C23H24N2O3. The molecule has 2 bridgehead atoms. The molecule has 2 heterocycles. The topological polar surface area (TPSA) is 67.4 Å². The van der Waals surface area contributed by atoms with Crippen molar-refractivity contribution < 1.29 is 14.3 Å². The maximum absolute atomic E-state index is 13.3. The number of anilines is 1. The smallest absolute Gasteiger partial charge is 0.235 e. The second kappa shape index (κ2) is 6.74. The fourth-order valence-corrected chi connectivity index (χ4v) is 5.29. The molecule has 5 nitrogen and oxygen atoms in total. The molecule has 1 aliphatic carbocycles. The van der Waals surface area contributed by atoms with E-state index in [0.29, 0.717) is 5.69 Å². The van der Waals surface area contributed by atoms with E-state index in [1.54, 1.807) is 0 Å². The molecule has 1 amide bonds. The van der Waals surface area contributed by atoms with Crippen molar-refractivity contribution in [1.29, 1.82) is 0 Å². The highest BCUT2D eigenvalue weighted by Crippen LogP contribution is 2.54. The van der Waals surface area contributed by atoms with Gasteiger partial charge in [-0.1, -0.05) is 42.8 Å². The van der Waals surface area contributed by atoms with Gasteiger partial charge in [0, 0.05) is 23.9 Å². The highest BCUT2D eigenvalue weighted by Gasteiger charge is 2.57. The molecule has 5 heteroatoms. The first-order valence-electron chi connectivity index (χ1n) is 10.1. The molecule has 4 unspecified atom stereocenters. The average molecular weight is 376 g/mol. The average Bonchev–Trinajstić information content (AvgIpc) is 2.81. The Labute approximate surface area is 164 Å². The van der Waals surface area contributed by atoms with Crippen LogP contribution in [0.5, 0.6) is 5.75 Å². The summed E-state index contributed by atoms with van der Waals surface area (Å²) in [5.41, 5.74) is 1.15. The number of amides is 1. The van der Waals surface area contributed by atoms with Gasteiger partial charge in [0.2, 0.25) is 5.91 Å². The second-order valence-corrected chi connectivity index (χ2v) is 8.06. The van der Waals surface area contributed by atoms with Crippen LogP contribution in [0.4, 0.5) is 5.69 Å². The third kappa shape index (κ3) is 2.73. The summed E-state index contributed by atoms with van der Waals surface area (Å²) in [6.07, 6.45) is 3.97. The summed E-state index contributed by atoms with van der Waals surface area (Å²) in [7, 11) is 0. The first-order valence-corrected chi connectivity index (χ1v) is 10.1. The van der Waals surface area contributed by atoms with Gasteiger partial charge < -0.3 is 10.1 Å². The molecule has 0 spiro atoms. The van der Waals surface area contributed by atoms with Gasteiger partial charge in [-0.25, -0.2) is 0 Å². The van der Waals surface area contributed by atoms with Crippen LogP contribution >= 0.6 is 0 Å². The molecule has 2 N–H and O–H groups in total. The van der Waals surface area contributed by atoms with Crippen molar-refractivity contribution in [3.63, 3.8) is 0 Å². The number of hydrogen-bond acceptors (Lipinski definition) is 4. The summed E-state index contributed by atoms with van der Waals surface area (Å²) >= 11 is 0. The number of para-hydroxylation sites is 2. The number of hydrogen-bond donors (Lipinski definition) is 2. The molecule has 0 aromatic heterocycles. The quantitative estimate of drug-likeness (QED) is 0.788. The molecule has 3 aliphatic rings. The van der Waals surface area contributed by atoms with Crippen LogP contribution < -0.4 is 15.4 Å². The predicted molar refractivity (Wildman–Crippen MR) is 106 cm³/mol. The number of benzene rings is 2. The first-order chi connectivity index (χ1) is 13.7. The van der Waals surface area contributed by atoms with Crippen LogP contribution in [0.2, 0.25) is 0 Å². The molecule has 144 valence electrons. The van der Waals surface area contributed by atoms with Crippen LogP contribution in [0, 0.1) is 11.8 Å². The van der Waals surface area contributed by atoms with Crippen molar-refractivity contribution in [2.45, 2.75) is 37.3 Å². The van der Waals surface area contributed by atoms with E-state index in [-0.39, 0.29) is 30.1 Å². The minimum absolute atomic E-state index is 0.0625. The molecular weight excluding hydrogens is 352 g/mol. The van der Waals surface area contributed by atoms with Gasteiger partial charge in [0.15, 0.2) is 11.5 Å². The monoisotopic (exact) mass is 376 g/mol. The van der Waals surface area contributed by atoms with Crippen LogP contribution in [0.15, 0.2) is 54.6 Å². The third-order valence-corrected chi connectivity index (χ3v) is 6.51. The van der Waals surface area contributed by atoms with Crippen molar-refractivity contribution in [3.05, 3.63) is 60.2 Å². The molecule has 2 fully saturated rings. The minimum atomic E-state index is -0.720. The number of Topliss-reactive ketones (excluding diaryl/α,β-unsaturated/α-hetero) is 1. The number of ketones is 1. The van der Waals surface area contributed by atoms with Gasteiger partial charge in [0.05, 0.1) is 6.54 Å². The number of ether oxygens (including phenoxy) is 1. The Balaban J connectivity index is 1.59. The zero-order chi connectivity index (χ0) is 19.1. The molecule has 2 aliphatic heterocycles. The Kier molecular flexibility index (Phi) is 4.20. The molecule has 2 aromatic rings. The normalized spacial score (nSPS) is 31.0. The summed E-state index contributed by atoms with van der Waals surface area (Å²) in [4.78, 5) is 26.5. The van der Waals surface area contributed by atoms with Gasteiger partial charge in [-0.15, -0.1) is 0 Å². The molecule has 1 saturated heterocycles. The Bertz CT molecular complexity index is 913. The number of carbonyl (C=O) groups is 2. The SMILES string of the molecule is O=C1CNC23CCCCC2C(c2ccccc2O3)C1C(=O)Nc1ccccc1. The molecule has 2 aromatic carbocycles. The van der Waals surface area contributed by atoms with Gasteiger partial charge in [0.25, 0.3) is 0 Å². The molecule has 1 saturated carbocycles. The van der Waals surface area contributed by atoms with Gasteiger partial charge in [0.1, 0.15) is 11.7 Å². The van der Waals surface area contributed by atoms with E-state index in [0.717, 1.165) is 37.0 Å². The van der Waals surface area contributed by atoms with E-state index in [1.807, 2.05) is 54.6 Å². The van der Waals surface area contributed by atoms with E-state index in [4.69, 9.17) is 4.74 Å². The van der Waals surface area contributed by atoms with Crippen molar-refractivity contribution in [2.75, 3.05) is 11.9 Å². The highest BCUT2D eigenvalue weighted by molar-refractivity contribution is 6.09. The third-order valence-electron chi connectivity index (χ3n) is 6.51. The Morgan fingerprint density at radius 2 is 1.86 bits per heavy atom. The van der Waals surface area contributed by atoms with Gasteiger partial charge in [-0.3, -0.25) is 14.9 Å². The Hall–Kier alpha value is -2.66. The number of fused-ring (bicyclic) bond motifs is 2. The lowest BCUT2D eigenvalue weighted by molar-refractivity contribution is -0.132. The maximum atomic E-state index is 13.3. The minimum Gasteiger partial charge on any atom is -0.472 e. The van der Waals surface area contributed by atoms with Crippen LogP contribution in [0.3, 0.4) is 0 Å². The van der Waals surface area contributed by atoms with Crippen molar-refractivity contribution >= 4 is 17.4 Å². The predicted octanol–water partition coefficient (Wildman–Crippen LogP) is 3.48. The summed E-state index contributed by atoms with van der Waals surface area (Å²) in [6.45, 7) is 0.161. The largest absolute Gasteiger partial charge is 0.472 e. The van der Waals surface area contributed by atoms with E-state index in [9.17, 15) is 9.59 Å². The summed E-state index contributed by atoms with van der Waals surface area (Å²) < 4.78 is 6.47. The number of nitrogens with one attached hydrogen (secondary N) is 2. The van der Waals surface area contributed by atoms with Gasteiger partial charge in [-0.2, -0.15) is 0 Å². The first kappa shape index (κ1) is 17.4. The molecule has 5 rings (SSSR count). The number of rotatable bonds is 2. The zero-order valence-corrected chi connectivity index (χ0v) is 15.7. The maximum Gasteiger partial charge on any atom is 0.235 e. The van der Waals surface area contributed by atoms with E-state index in [1.165, 1.54) is 0 Å². The van der Waals surface area contributed by atoms with Crippen LogP contribution in [-0.4, -0.2) is 24.0 Å². The number of carbonyl (C=O) groups excluding carboxylic acids is 2. The fourth-order valence-electron chi connectivity index (χ4n) is 5.29. The highest BCUT2D eigenvalue weighted by atomic mass is 16.5. The van der Waals surface area contributed by atoms with E-state index < -0.39 is 11.6 Å². The van der Waals surface area contributed by atoms with Gasteiger partial charge >= 0.3 is 0 Å². The lowest BCUT2D eigenvalue weighted by atomic mass is 9.65. The Morgan fingerprint density at radius 3 is 2.71 bits per heavy atom.